The van der Waals surface area contributed by atoms with Crippen molar-refractivity contribution in [3.63, 3.8) is 0 Å². The minimum absolute atomic E-state index is 0.0464. The van der Waals surface area contributed by atoms with E-state index in [1.807, 2.05) is 24.3 Å². The molecule has 1 fully saturated rings. The van der Waals surface area contributed by atoms with Crippen LogP contribution in [0.3, 0.4) is 0 Å². The van der Waals surface area contributed by atoms with Crippen LogP contribution in [0.25, 0.3) is 15.9 Å². The molecule has 1 saturated heterocycles. The molecule has 0 amide bonds. The van der Waals surface area contributed by atoms with Crippen molar-refractivity contribution in [3.8, 4) is 18.1 Å². The SMILES string of the molecule is [C-]#[N+]c1ccc2c(n1)c(N1CCN(C(c3ccc(F)cc3)c3ccccc3OC)CC1)c([N+](=O)[O-])c(=O)n2CC#C. The predicted octanol–water partition coefficient (Wildman–Crippen LogP) is 4.55. The Morgan fingerprint density at radius 1 is 1.15 bits per heavy atom. The van der Waals surface area contributed by atoms with E-state index in [1.54, 1.807) is 30.2 Å². The first-order valence-electron chi connectivity index (χ1n) is 12.8. The zero-order valence-electron chi connectivity index (χ0n) is 22.2. The fourth-order valence-corrected chi connectivity index (χ4v) is 5.39. The number of pyridine rings is 2. The van der Waals surface area contributed by atoms with Gasteiger partial charge in [0.25, 0.3) is 5.82 Å². The number of benzene rings is 2. The van der Waals surface area contributed by atoms with E-state index in [-0.39, 0.29) is 35.4 Å². The van der Waals surface area contributed by atoms with Crippen LogP contribution < -0.4 is 15.2 Å². The highest BCUT2D eigenvalue weighted by Crippen LogP contribution is 2.38. The summed E-state index contributed by atoms with van der Waals surface area (Å²) < 4.78 is 20.6. The van der Waals surface area contributed by atoms with Gasteiger partial charge in [-0.2, -0.15) is 0 Å². The molecule has 2 aromatic heterocycles. The molecule has 4 aromatic rings. The number of halogens is 1. The van der Waals surface area contributed by atoms with Crippen molar-refractivity contribution >= 4 is 28.2 Å². The molecule has 10 nitrogen and oxygen atoms in total. The molecule has 41 heavy (non-hydrogen) atoms. The summed E-state index contributed by atoms with van der Waals surface area (Å²) in [5.74, 6) is 2.75. The summed E-state index contributed by atoms with van der Waals surface area (Å²) in [5.41, 5.74) is 0.871. The third-order valence-electron chi connectivity index (χ3n) is 7.21. The number of piperazine rings is 1. The molecular weight excluding hydrogens is 527 g/mol. The van der Waals surface area contributed by atoms with Crippen molar-refractivity contribution < 1.29 is 14.1 Å². The summed E-state index contributed by atoms with van der Waals surface area (Å²) in [4.78, 5) is 36.6. The van der Waals surface area contributed by atoms with Crippen LogP contribution in [-0.4, -0.2) is 52.7 Å². The lowest BCUT2D eigenvalue weighted by Gasteiger charge is -2.40. The first kappa shape index (κ1) is 27.3. The van der Waals surface area contributed by atoms with Gasteiger partial charge in [-0.3, -0.25) is 24.4 Å². The van der Waals surface area contributed by atoms with Gasteiger partial charge in [-0.05, 0) is 35.9 Å². The van der Waals surface area contributed by atoms with Gasteiger partial charge in [0.05, 0.1) is 30.1 Å². The maximum absolute atomic E-state index is 13.8. The molecule has 0 radical (unpaired) electrons. The van der Waals surface area contributed by atoms with Gasteiger partial charge in [0, 0.05) is 31.7 Å². The normalized spacial score (nSPS) is 14.3. The summed E-state index contributed by atoms with van der Waals surface area (Å²) in [5, 5.41) is 12.3. The number of terminal acetylenes is 1. The molecule has 11 heteroatoms. The van der Waals surface area contributed by atoms with E-state index >= 15 is 0 Å². The zero-order valence-corrected chi connectivity index (χ0v) is 22.2. The number of para-hydroxylation sites is 1. The van der Waals surface area contributed by atoms with Crippen LogP contribution in [0, 0.1) is 34.8 Å². The smallest absolute Gasteiger partial charge is 0.361 e. The summed E-state index contributed by atoms with van der Waals surface area (Å²) in [6, 6.07) is 16.6. The highest BCUT2D eigenvalue weighted by Gasteiger charge is 2.35. The highest BCUT2D eigenvalue weighted by molar-refractivity contribution is 5.94. The Labute approximate surface area is 235 Å². The molecule has 0 aliphatic carbocycles. The third kappa shape index (κ3) is 5.07. The van der Waals surface area contributed by atoms with Crippen LogP contribution in [0.4, 0.5) is 21.6 Å². The Morgan fingerprint density at radius 3 is 2.49 bits per heavy atom. The fourth-order valence-electron chi connectivity index (χ4n) is 5.39. The van der Waals surface area contributed by atoms with Crippen molar-refractivity contribution in [2.24, 2.45) is 0 Å². The van der Waals surface area contributed by atoms with Crippen LogP contribution in [0.1, 0.15) is 17.2 Å². The molecule has 0 bridgehead atoms. The van der Waals surface area contributed by atoms with Crippen LogP contribution in [0.2, 0.25) is 0 Å². The number of rotatable bonds is 7. The second kappa shape index (κ2) is 11.5. The Hall–Kier alpha value is -5.26. The number of fused-ring (bicyclic) bond motifs is 1. The molecule has 0 N–H and O–H groups in total. The fraction of sp³-hybridized carbons (Fsp3) is 0.233. The van der Waals surface area contributed by atoms with Crippen molar-refractivity contribution in [1.82, 2.24) is 14.5 Å². The number of methoxy groups -OCH3 is 1. The van der Waals surface area contributed by atoms with E-state index in [0.717, 1.165) is 15.7 Å². The van der Waals surface area contributed by atoms with Crippen LogP contribution in [0.15, 0.2) is 65.5 Å². The van der Waals surface area contributed by atoms with Crippen molar-refractivity contribution in [2.75, 3.05) is 38.2 Å². The Balaban J connectivity index is 1.58. The monoisotopic (exact) mass is 552 g/mol. The summed E-state index contributed by atoms with van der Waals surface area (Å²) in [6.07, 6.45) is 5.46. The van der Waals surface area contributed by atoms with Gasteiger partial charge in [-0.1, -0.05) is 42.8 Å². The third-order valence-corrected chi connectivity index (χ3v) is 7.21. The largest absolute Gasteiger partial charge is 0.496 e. The van der Waals surface area contributed by atoms with E-state index in [2.05, 4.69) is 20.6 Å². The molecule has 206 valence electrons. The predicted molar refractivity (Wildman–Crippen MR) is 153 cm³/mol. The van der Waals surface area contributed by atoms with E-state index in [4.69, 9.17) is 17.7 Å². The second-order valence-corrected chi connectivity index (χ2v) is 9.42. The zero-order chi connectivity index (χ0) is 29.1. The van der Waals surface area contributed by atoms with Gasteiger partial charge in [0.1, 0.15) is 11.6 Å². The Morgan fingerprint density at radius 2 is 1.85 bits per heavy atom. The summed E-state index contributed by atoms with van der Waals surface area (Å²) in [6.45, 7) is 8.78. The maximum Gasteiger partial charge on any atom is 0.361 e. The average Bonchev–Trinajstić information content (AvgIpc) is 2.99. The minimum atomic E-state index is -0.826. The number of nitro groups is 1. The lowest BCUT2D eigenvalue weighted by atomic mass is 9.95. The first-order chi connectivity index (χ1) is 19.9. The molecule has 1 aliphatic rings. The number of ether oxygens (including phenoxy) is 1. The Bertz CT molecular complexity index is 1770. The molecule has 0 saturated carbocycles. The standard InChI is InChI=1S/C30H25FN6O4/c1-4-15-36-23-13-14-25(32-2)33-26(23)28(29(30(36)38)37(39)40)35-18-16-34(17-19-35)27(20-9-11-21(31)12-10-20)22-7-5-6-8-24(22)41-3/h1,5-14,27H,15-19H2,3H3. The minimum Gasteiger partial charge on any atom is -0.496 e. The second-order valence-electron chi connectivity index (χ2n) is 9.42. The molecule has 1 unspecified atom stereocenters. The quantitative estimate of drug-likeness (QED) is 0.144. The molecule has 1 aliphatic heterocycles. The molecule has 2 aromatic carbocycles. The number of aromatic nitrogens is 2. The van der Waals surface area contributed by atoms with Gasteiger partial charge < -0.3 is 14.5 Å². The van der Waals surface area contributed by atoms with Gasteiger partial charge in [-0.25, -0.2) is 4.39 Å². The highest BCUT2D eigenvalue weighted by atomic mass is 19.1. The molecule has 3 heterocycles. The van der Waals surface area contributed by atoms with Gasteiger partial charge in [0.2, 0.25) is 5.52 Å². The van der Waals surface area contributed by atoms with E-state index in [1.165, 1.54) is 18.2 Å². The van der Waals surface area contributed by atoms with Crippen molar-refractivity contribution in [2.45, 2.75) is 12.6 Å². The lowest BCUT2D eigenvalue weighted by Crippen LogP contribution is -2.48. The van der Waals surface area contributed by atoms with Gasteiger partial charge in [-0.15, -0.1) is 11.4 Å². The average molecular weight is 553 g/mol. The topological polar surface area (TPSA) is 98.1 Å². The number of nitrogens with zero attached hydrogens (tertiary/aromatic N) is 6. The van der Waals surface area contributed by atoms with Gasteiger partial charge in [0.15, 0.2) is 5.69 Å². The first-order valence-corrected chi connectivity index (χ1v) is 12.8. The van der Waals surface area contributed by atoms with E-state index in [9.17, 15) is 19.3 Å². The van der Waals surface area contributed by atoms with E-state index < -0.39 is 16.2 Å². The van der Waals surface area contributed by atoms with Crippen molar-refractivity contribution in [3.05, 3.63) is 109 Å². The van der Waals surface area contributed by atoms with Gasteiger partial charge >= 0.3 is 11.2 Å². The Kier molecular flexibility index (Phi) is 7.64. The molecule has 5 rings (SSSR count). The lowest BCUT2D eigenvalue weighted by molar-refractivity contribution is -0.385. The van der Waals surface area contributed by atoms with Crippen LogP contribution >= 0.6 is 0 Å². The maximum atomic E-state index is 13.8. The number of hydrogen-bond acceptors (Lipinski definition) is 7. The molecular formula is C30H25FN6O4. The van der Waals surface area contributed by atoms with Crippen molar-refractivity contribution in [1.29, 1.82) is 0 Å². The van der Waals surface area contributed by atoms with Crippen LogP contribution in [-0.2, 0) is 6.54 Å². The van der Waals surface area contributed by atoms with Crippen LogP contribution in [0.5, 0.6) is 5.75 Å². The summed E-state index contributed by atoms with van der Waals surface area (Å²) in [7, 11) is 1.59. The van der Waals surface area contributed by atoms with E-state index in [0.29, 0.717) is 37.4 Å². The molecule has 0 spiro atoms. The number of anilines is 1. The molecule has 1 atom stereocenters. The summed E-state index contributed by atoms with van der Waals surface area (Å²) >= 11 is 0. The number of hydrogen-bond donors (Lipinski definition) is 0.